The van der Waals surface area contributed by atoms with Gasteiger partial charge in [-0.1, -0.05) is 39.0 Å². The maximum Gasteiger partial charge on any atom is 0.152 e. The molecule has 2 saturated carbocycles. The molecule has 110 valence electrons. The van der Waals surface area contributed by atoms with Gasteiger partial charge in [0.25, 0.3) is 0 Å². The number of hydrogen-bond donors (Lipinski definition) is 1. The number of Topliss-reactive ketones (excluding diaryl/α,β-unsaturated/α-hetero) is 1. The molecule has 1 N–H and O–H groups in total. The predicted molar refractivity (Wildman–Crippen MR) is 87.6 cm³/mol. The zero-order chi connectivity index (χ0) is 14.8. The molecule has 2 fully saturated rings. The third kappa shape index (κ3) is 1.58. The van der Waals surface area contributed by atoms with Gasteiger partial charge in [-0.25, -0.2) is 0 Å². The first-order valence-electron chi connectivity index (χ1n) is 7.72. The van der Waals surface area contributed by atoms with Crippen molar-refractivity contribution in [3.63, 3.8) is 0 Å². The van der Waals surface area contributed by atoms with E-state index in [1.807, 2.05) is 6.07 Å². The number of aromatic nitrogens is 1. The van der Waals surface area contributed by atoms with Crippen molar-refractivity contribution < 1.29 is 4.79 Å². The van der Waals surface area contributed by atoms with Crippen LogP contribution in [0.5, 0.6) is 0 Å². The van der Waals surface area contributed by atoms with E-state index in [2.05, 4.69) is 50.2 Å². The molecule has 0 radical (unpaired) electrons. The number of para-hydroxylation sites is 1. The van der Waals surface area contributed by atoms with Gasteiger partial charge < -0.3 is 4.98 Å². The molecule has 2 aliphatic carbocycles. The Morgan fingerprint density at radius 1 is 1.24 bits per heavy atom. The molecule has 2 bridgehead atoms. The van der Waals surface area contributed by atoms with Crippen LogP contribution in [0, 0.1) is 16.7 Å². The summed E-state index contributed by atoms with van der Waals surface area (Å²) < 4.78 is 0. The van der Waals surface area contributed by atoms with E-state index in [4.69, 9.17) is 0 Å². The van der Waals surface area contributed by atoms with Crippen molar-refractivity contribution in [3.05, 3.63) is 30.5 Å². The lowest BCUT2D eigenvalue weighted by molar-refractivity contribution is -0.127. The largest absolute Gasteiger partial charge is 0.360 e. The number of aromatic amines is 1. The molecule has 0 spiro atoms. The highest BCUT2D eigenvalue weighted by molar-refractivity contribution is 8.01. The van der Waals surface area contributed by atoms with Gasteiger partial charge >= 0.3 is 0 Å². The number of hydrogen-bond acceptors (Lipinski definition) is 2. The van der Waals surface area contributed by atoms with Gasteiger partial charge in [0.1, 0.15) is 0 Å². The summed E-state index contributed by atoms with van der Waals surface area (Å²) in [4.78, 5) is 17.5. The summed E-state index contributed by atoms with van der Waals surface area (Å²) in [5.41, 5.74) is 1.16. The second-order valence-electron chi connectivity index (χ2n) is 7.30. The van der Waals surface area contributed by atoms with E-state index in [0.29, 0.717) is 11.7 Å². The van der Waals surface area contributed by atoms with Gasteiger partial charge in [0.15, 0.2) is 5.78 Å². The summed E-state index contributed by atoms with van der Waals surface area (Å²) in [5.74, 6) is 0.979. The molecule has 21 heavy (non-hydrogen) atoms. The maximum atomic E-state index is 12.9. The molecule has 1 aromatic carbocycles. The first kappa shape index (κ1) is 13.4. The average Bonchev–Trinajstić information content (AvgIpc) is 3.00. The average molecular weight is 299 g/mol. The molecule has 1 heterocycles. The van der Waals surface area contributed by atoms with Gasteiger partial charge in [0.2, 0.25) is 0 Å². The van der Waals surface area contributed by atoms with Crippen LogP contribution >= 0.6 is 11.8 Å². The first-order chi connectivity index (χ1) is 9.95. The van der Waals surface area contributed by atoms with Gasteiger partial charge in [-0.05, 0) is 30.2 Å². The fourth-order valence-electron chi connectivity index (χ4n) is 4.42. The number of carbonyl (C=O) groups excluding carboxylic acids is 1. The van der Waals surface area contributed by atoms with Gasteiger partial charge in [-0.15, -0.1) is 11.8 Å². The minimum absolute atomic E-state index is 0.123. The van der Waals surface area contributed by atoms with E-state index in [9.17, 15) is 4.79 Å². The molecule has 2 nitrogen and oxygen atoms in total. The van der Waals surface area contributed by atoms with E-state index < -0.39 is 0 Å². The van der Waals surface area contributed by atoms with Crippen LogP contribution in [0.25, 0.3) is 10.9 Å². The van der Waals surface area contributed by atoms with Crippen LogP contribution in [-0.2, 0) is 4.79 Å². The number of H-pyrrole nitrogens is 1. The van der Waals surface area contributed by atoms with Gasteiger partial charge in [0, 0.05) is 27.4 Å². The fraction of sp³-hybridized carbons (Fsp3) is 0.500. The highest BCUT2D eigenvalue weighted by Crippen LogP contribution is 2.66. The number of fused-ring (bicyclic) bond motifs is 3. The number of ketones is 1. The zero-order valence-electron chi connectivity index (χ0n) is 12.8. The van der Waals surface area contributed by atoms with E-state index in [-0.39, 0.29) is 16.1 Å². The maximum absolute atomic E-state index is 12.9. The third-order valence-electron chi connectivity index (χ3n) is 6.28. The predicted octanol–water partition coefficient (Wildman–Crippen LogP) is 4.65. The van der Waals surface area contributed by atoms with E-state index in [0.717, 1.165) is 11.9 Å². The third-order valence-corrected chi connectivity index (χ3v) is 7.67. The number of carbonyl (C=O) groups is 1. The molecular weight excluding hydrogens is 278 g/mol. The summed E-state index contributed by atoms with van der Waals surface area (Å²) in [6, 6.07) is 8.33. The molecule has 0 aliphatic heterocycles. The molecular formula is C18H21NOS. The highest BCUT2D eigenvalue weighted by atomic mass is 32.2. The molecule has 0 amide bonds. The van der Waals surface area contributed by atoms with Crippen molar-refractivity contribution in [2.45, 2.75) is 43.8 Å². The smallest absolute Gasteiger partial charge is 0.152 e. The Morgan fingerprint density at radius 2 is 2.00 bits per heavy atom. The first-order valence-corrected chi connectivity index (χ1v) is 8.60. The summed E-state index contributed by atoms with van der Waals surface area (Å²) in [6.07, 6.45) is 4.31. The minimum Gasteiger partial charge on any atom is -0.360 e. The summed E-state index contributed by atoms with van der Waals surface area (Å²) in [5, 5.41) is 1.36. The SMILES string of the molecule is CC12CCC(C(Sc3c[nH]c4ccccc34)C1=O)C2(C)C. The number of rotatable bonds is 2. The minimum atomic E-state index is -0.124. The quantitative estimate of drug-likeness (QED) is 0.875. The van der Waals surface area contributed by atoms with Crippen LogP contribution in [0.2, 0.25) is 0 Å². The standard InChI is InChI=1S/C18H21NOS/c1-17(2)12-8-9-18(17,3)16(20)15(12)21-14-10-19-13-7-5-4-6-11(13)14/h4-7,10,12,15,19H,8-9H2,1-3H3. The van der Waals surface area contributed by atoms with Gasteiger partial charge in [0.05, 0.1) is 5.25 Å². The van der Waals surface area contributed by atoms with Crippen LogP contribution < -0.4 is 0 Å². The lowest BCUT2D eigenvalue weighted by atomic mass is 9.70. The van der Waals surface area contributed by atoms with Crippen LogP contribution in [-0.4, -0.2) is 16.0 Å². The molecule has 2 aromatic rings. The van der Waals surface area contributed by atoms with Crippen molar-refractivity contribution in [3.8, 4) is 0 Å². The fourth-order valence-corrected chi connectivity index (χ4v) is 6.13. The van der Waals surface area contributed by atoms with Crippen molar-refractivity contribution in [1.29, 1.82) is 0 Å². The molecule has 4 rings (SSSR count). The van der Waals surface area contributed by atoms with Gasteiger partial charge in [-0.2, -0.15) is 0 Å². The van der Waals surface area contributed by atoms with E-state index >= 15 is 0 Å². The van der Waals surface area contributed by atoms with Crippen molar-refractivity contribution in [2.24, 2.45) is 16.7 Å². The molecule has 3 heteroatoms. The zero-order valence-corrected chi connectivity index (χ0v) is 13.6. The number of benzene rings is 1. The molecule has 3 unspecified atom stereocenters. The lowest BCUT2D eigenvalue weighted by Gasteiger charge is -2.32. The van der Waals surface area contributed by atoms with Crippen molar-refractivity contribution >= 4 is 28.4 Å². The van der Waals surface area contributed by atoms with E-state index in [1.54, 1.807) is 11.8 Å². The lowest BCUT2D eigenvalue weighted by Crippen LogP contribution is -2.34. The van der Waals surface area contributed by atoms with Gasteiger partial charge in [-0.3, -0.25) is 4.79 Å². The molecule has 2 aliphatic rings. The second kappa shape index (κ2) is 4.16. The molecule has 1 aromatic heterocycles. The van der Waals surface area contributed by atoms with E-state index in [1.165, 1.54) is 16.7 Å². The second-order valence-corrected chi connectivity index (χ2v) is 8.48. The Bertz CT molecular complexity index is 732. The highest BCUT2D eigenvalue weighted by Gasteiger charge is 2.66. The number of nitrogens with one attached hydrogen (secondary N) is 1. The normalized spacial score (nSPS) is 34.0. The Balaban J connectivity index is 1.71. The number of thioether (sulfide) groups is 1. The van der Waals surface area contributed by atoms with Crippen LogP contribution in [0.4, 0.5) is 0 Å². The molecule has 3 atom stereocenters. The molecule has 0 saturated heterocycles. The Labute approximate surface area is 129 Å². The summed E-state index contributed by atoms with van der Waals surface area (Å²) >= 11 is 1.78. The van der Waals surface area contributed by atoms with Crippen LogP contribution in [0.3, 0.4) is 0 Å². The topological polar surface area (TPSA) is 32.9 Å². The Kier molecular flexibility index (Phi) is 2.66. The van der Waals surface area contributed by atoms with Crippen LogP contribution in [0.15, 0.2) is 35.4 Å². The summed E-state index contributed by atoms with van der Waals surface area (Å²) in [7, 11) is 0. The Morgan fingerprint density at radius 3 is 2.71 bits per heavy atom. The monoisotopic (exact) mass is 299 g/mol. The van der Waals surface area contributed by atoms with Crippen molar-refractivity contribution in [2.75, 3.05) is 0 Å². The van der Waals surface area contributed by atoms with Crippen LogP contribution in [0.1, 0.15) is 33.6 Å². The Hall–Kier alpha value is -1.22. The summed E-state index contributed by atoms with van der Waals surface area (Å²) in [6.45, 7) is 6.77. The van der Waals surface area contributed by atoms with Crippen molar-refractivity contribution in [1.82, 2.24) is 4.98 Å².